The molecule has 0 aliphatic rings. The molecule has 0 atom stereocenters. The molecule has 0 radical (unpaired) electrons. The lowest BCUT2D eigenvalue weighted by Crippen LogP contribution is -2.11. The van der Waals surface area contributed by atoms with Gasteiger partial charge in [0.1, 0.15) is 0 Å². The molecule has 0 aliphatic carbocycles. The normalized spacial score (nSPS) is 9.75. The summed E-state index contributed by atoms with van der Waals surface area (Å²) < 4.78 is 5.15. The molecule has 0 amide bonds. The van der Waals surface area contributed by atoms with Gasteiger partial charge in [0, 0.05) is 18.5 Å². The van der Waals surface area contributed by atoms with Crippen molar-refractivity contribution in [1.82, 2.24) is 4.98 Å². The molecule has 1 aromatic rings. The molecule has 3 N–H and O–H groups in total. The van der Waals surface area contributed by atoms with Gasteiger partial charge in [-0.05, 0) is 13.0 Å². The maximum Gasteiger partial charge on any atom is 0.223 e. The Morgan fingerprint density at radius 2 is 2.42 bits per heavy atom. The third-order valence-electron chi connectivity index (χ3n) is 1.39. The van der Waals surface area contributed by atoms with E-state index in [-0.39, 0.29) is 5.43 Å². The van der Waals surface area contributed by atoms with Gasteiger partial charge >= 0.3 is 0 Å². The van der Waals surface area contributed by atoms with Gasteiger partial charge in [-0.15, -0.1) is 0 Å². The quantitative estimate of drug-likeness (QED) is 0.626. The van der Waals surface area contributed by atoms with E-state index in [2.05, 4.69) is 4.98 Å². The van der Waals surface area contributed by atoms with Crippen LogP contribution in [0.5, 0.6) is 5.75 Å². The lowest BCUT2D eigenvalue weighted by molar-refractivity contribution is 0.309. The van der Waals surface area contributed by atoms with Crippen molar-refractivity contribution < 1.29 is 4.74 Å². The van der Waals surface area contributed by atoms with Gasteiger partial charge < -0.3 is 15.5 Å². The maximum atomic E-state index is 11.0. The van der Waals surface area contributed by atoms with Gasteiger partial charge in [-0.3, -0.25) is 4.79 Å². The van der Waals surface area contributed by atoms with E-state index in [1.807, 2.05) is 0 Å². The van der Waals surface area contributed by atoms with Crippen LogP contribution in [0.2, 0.25) is 0 Å². The predicted octanol–water partition coefficient (Wildman–Crippen LogP) is 0.103. The van der Waals surface area contributed by atoms with E-state index >= 15 is 0 Å². The molecule has 0 saturated carbocycles. The van der Waals surface area contributed by atoms with Crippen LogP contribution in [0, 0.1) is 0 Å². The lowest BCUT2D eigenvalue weighted by Gasteiger charge is -2.02. The van der Waals surface area contributed by atoms with Crippen molar-refractivity contribution in [3.05, 3.63) is 28.7 Å². The van der Waals surface area contributed by atoms with E-state index in [1.165, 1.54) is 6.07 Å². The summed E-state index contributed by atoms with van der Waals surface area (Å²) >= 11 is 0. The smallest absolute Gasteiger partial charge is 0.223 e. The fraction of sp³-hybridized carbons (Fsp3) is 0.375. The van der Waals surface area contributed by atoms with Crippen molar-refractivity contribution in [1.29, 1.82) is 0 Å². The first-order valence-electron chi connectivity index (χ1n) is 3.84. The Hall–Kier alpha value is -1.29. The van der Waals surface area contributed by atoms with Crippen molar-refractivity contribution in [2.45, 2.75) is 6.42 Å². The average molecular weight is 168 g/mol. The highest BCUT2D eigenvalue weighted by atomic mass is 16.5. The number of aromatic nitrogens is 1. The number of rotatable bonds is 4. The summed E-state index contributed by atoms with van der Waals surface area (Å²) in [4.78, 5) is 13.8. The van der Waals surface area contributed by atoms with Crippen LogP contribution >= 0.6 is 0 Å². The van der Waals surface area contributed by atoms with Crippen LogP contribution in [0.25, 0.3) is 0 Å². The largest absolute Gasteiger partial charge is 0.488 e. The van der Waals surface area contributed by atoms with Crippen molar-refractivity contribution in [2.75, 3.05) is 13.2 Å². The number of aromatic amines is 1. The highest BCUT2D eigenvalue weighted by molar-refractivity contribution is 5.15. The Kier molecular flexibility index (Phi) is 3.35. The number of pyridine rings is 1. The van der Waals surface area contributed by atoms with E-state index in [0.29, 0.717) is 18.9 Å². The van der Waals surface area contributed by atoms with Crippen LogP contribution in [0.3, 0.4) is 0 Å². The average Bonchev–Trinajstić information content (AvgIpc) is 2.09. The maximum absolute atomic E-state index is 11.0. The molecule has 4 nitrogen and oxygen atoms in total. The highest BCUT2D eigenvalue weighted by Gasteiger charge is 1.96. The number of ether oxygens (including phenoxy) is 1. The van der Waals surface area contributed by atoms with Crippen molar-refractivity contribution in [3.8, 4) is 5.75 Å². The SMILES string of the molecule is NCCCOc1c[nH]ccc1=O. The van der Waals surface area contributed by atoms with Crippen molar-refractivity contribution in [2.24, 2.45) is 5.73 Å². The van der Waals surface area contributed by atoms with Crippen molar-refractivity contribution >= 4 is 0 Å². The second-order valence-electron chi connectivity index (χ2n) is 2.36. The summed E-state index contributed by atoms with van der Waals surface area (Å²) in [6, 6.07) is 1.43. The minimum Gasteiger partial charge on any atom is -0.488 e. The van der Waals surface area contributed by atoms with Gasteiger partial charge in [0.05, 0.1) is 6.61 Å². The van der Waals surface area contributed by atoms with Gasteiger partial charge in [0.15, 0.2) is 5.75 Å². The summed E-state index contributed by atoms with van der Waals surface area (Å²) in [6.07, 6.45) is 3.87. The number of hydrogen-bond acceptors (Lipinski definition) is 3. The third kappa shape index (κ3) is 2.39. The van der Waals surface area contributed by atoms with Crippen LogP contribution in [-0.4, -0.2) is 18.1 Å². The lowest BCUT2D eigenvalue weighted by atomic mass is 10.4. The van der Waals surface area contributed by atoms with E-state index in [4.69, 9.17) is 10.5 Å². The topological polar surface area (TPSA) is 68.1 Å². The molecule has 0 aliphatic heterocycles. The summed E-state index contributed by atoms with van der Waals surface area (Å²) in [5, 5.41) is 0. The van der Waals surface area contributed by atoms with Gasteiger partial charge in [-0.2, -0.15) is 0 Å². The van der Waals surface area contributed by atoms with Gasteiger partial charge in [0.25, 0.3) is 0 Å². The van der Waals surface area contributed by atoms with E-state index in [9.17, 15) is 4.79 Å². The van der Waals surface area contributed by atoms with Crippen LogP contribution in [-0.2, 0) is 0 Å². The monoisotopic (exact) mass is 168 g/mol. The molecule has 0 unspecified atom stereocenters. The molecule has 0 aromatic carbocycles. The summed E-state index contributed by atoms with van der Waals surface area (Å²) in [5.74, 6) is 0.353. The Morgan fingerprint density at radius 3 is 3.08 bits per heavy atom. The van der Waals surface area contributed by atoms with Gasteiger partial charge in [-0.25, -0.2) is 0 Å². The summed E-state index contributed by atoms with van der Waals surface area (Å²) in [5.41, 5.74) is 5.16. The fourth-order valence-corrected chi connectivity index (χ4v) is 0.779. The molecule has 1 heterocycles. The summed E-state index contributed by atoms with van der Waals surface area (Å²) in [7, 11) is 0. The van der Waals surface area contributed by atoms with Gasteiger partial charge in [-0.1, -0.05) is 0 Å². The molecule has 0 saturated heterocycles. The van der Waals surface area contributed by atoms with Crippen molar-refractivity contribution in [3.63, 3.8) is 0 Å². The fourth-order valence-electron chi connectivity index (χ4n) is 0.779. The van der Waals surface area contributed by atoms with Crippen LogP contribution in [0.1, 0.15) is 6.42 Å². The Morgan fingerprint density at radius 1 is 1.58 bits per heavy atom. The highest BCUT2D eigenvalue weighted by Crippen LogP contribution is 1.98. The molecule has 1 rings (SSSR count). The second kappa shape index (κ2) is 4.56. The van der Waals surface area contributed by atoms with Crippen LogP contribution in [0.15, 0.2) is 23.3 Å². The standard InChI is InChI=1S/C8H12N2O2/c9-3-1-5-12-8-6-10-4-2-7(8)11/h2,4,6H,1,3,5,9H2,(H,10,11). The van der Waals surface area contributed by atoms with Crippen LogP contribution < -0.4 is 15.9 Å². The molecule has 1 aromatic heterocycles. The first kappa shape index (κ1) is 8.80. The number of nitrogens with two attached hydrogens (primary N) is 1. The van der Waals surface area contributed by atoms with E-state index in [0.717, 1.165) is 6.42 Å². The zero-order valence-corrected chi connectivity index (χ0v) is 6.75. The first-order chi connectivity index (χ1) is 5.84. The predicted molar refractivity (Wildman–Crippen MR) is 46.2 cm³/mol. The van der Waals surface area contributed by atoms with E-state index in [1.54, 1.807) is 12.4 Å². The summed E-state index contributed by atoms with van der Waals surface area (Å²) in [6.45, 7) is 1.06. The number of hydrogen-bond donors (Lipinski definition) is 2. The Bertz CT molecular complexity index is 282. The molecule has 66 valence electrons. The zero-order valence-electron chi connectivity index (χ0n) is 6.75. The van der Waals surface area contributed by atoms with Crippen LogP contribution in [0.4, 0.5) is 0 Å². The molecule has 0 spiro atoms. The molecular weight excluding hydrogens is 156 g/mol. The molecule has 0 fully saturated rings. The third-order valence-corrected chi connectivity index (χ3v) is 1.39. The molecule has 0 bridgehead atoms. The Labute approximate surface area is 70.4 Å². The second-order valence-corrected chi connectivity index (χ2v) is 2.36. The van der Waals surface area contributed by atoms with E-state index < -0.39 is 0 Å². The first-order valence-corrected chi connectivity index (χ1v) is 3.84. The van der Waals surface area contributed by atoms with Gasteiger partial charge in [0.2, 0.25) is 5.43 Å². The Balaban J connectivity index is 2.52. The molecule has 4 heteroatoms. The molecule has 12 heavy (non-hydrogen) atoms. The minimum absolute atomic E-state index is 0.106. The number of H-pyrrole nitrogens is 1. The zero-order chi connectivity index (χ0) is 8.81. The molecular formula is C8H12N2O2. The number of nitrogens with one attached hydrogen (secondary N) is 1. The minimum atomic E-state index is -0.106.